The zero-order chi connectivity index (χ0) is 16.2. The fourth-order valence-corrected chi connectivity index (χ4v) is 2.52. The molecule has 5 nitrogen and oxygen atoms in total. The van der Waals surface area contributed by atoms with E-state index in [0.717, 1.165) is 12.0 Å². The molecule has 0 aromatic heterocycles. The number of hydrogen-bond acceptors (Lipinski definition) is 2. The van der Waals surface area contributed by atoms with E-state index in [4.69, 9.17) is 5.11 Å². The normalized spacial score (nSPS) is 20.0. The lowest BCUT2D eigenvalue weighted by Crippen LogP contribution is -2.44. The van der Waals surface area contributed by atoms with Crippen LogP contribution >= 0.6 is 0 Å². The van der Waals surface area contributed by atoms with Gasteiger partial charge in [-0.05, 0) is 30.2 Å². The predicted octanol–water partition coefficient (Wildman–Crippen LogP) is 2.56. The fourth-order valence-electron chi connectivity index (χ4n) is 2.52. The van der Waals surface area contributed by atoms with Crippen molar-refractivity contribution in [3.8, 4) is 0 Å². The van der Waals surface area contributed by atoms with Gasteiger partial charge in [0, 0.05) is 18.5 Å². The Morgan fingerprint density at radius 2 is 1.95 bits per heavy atom. The number of carbonyl (C=O) groups is 2. The van der Waals surface area contributed by atoms with Gasteiger partial charge in [-0.3, -0.25) is 4.79 Å². The summed E-state index contributed by atoms with van der Waals surface area (Å²) in [7, 11) is 0. The topological polar surface area (TPSA) is 78.4 Å². The first-order chi connectivity index (χ1) is 10.4. The van der Waals surface area contributed by atoms with Gasteiger partial charge in [-0.25, -0.2) is 4.79 Å². The van der Waals surface area contributed by atoms with Crippen molar-refractivity contribution in [2.45, 2.75) is 51.6 Å². The van der Waals surface area contributed by atoms with E-state index in [1.165, 1.54) is 0 Å². The molecule has 120 valence electrons. The first kappa shape index (κ1) is 16.3. The Labute approximate surface area is 131 Å². The van der Waals surface area contributed by atoms with E-state index in [1.54, 1.807) is 0 Å². The Morgan fingerprint density at radius 1 is 1.32 bits per heavy atom. The maximum atomic E-state index is 12.1. The lowest BCUT2D eigenvalue weighted by atomic mass is 10.0. The first-order valence-electron chi connectivity index (χ1n) is 7.69. The number of nitrogens with one attached hydrogen (secondary N) is 2. The monoisotopic (exact) mass is 304 g/mol. The van der Waals surface area contributed by atoms with Gasteiger partial charge in [0.05, 0.1) is 0 Å². The van der Waals surface area contributed by atoms with Crippen LogP contribution < -0.4 is 10.6 Å². The highest BCUT2D eigenvalue weighted by atomic mass is 16.4. The average Bonchev–Trinajstić information content (AvgIpc) is 3.03. The molecule has 1 aromatic rings. The molecule has 1 aliphatic rings. The highest BCUT2D eigenvalue weighted by molar-refractivity contribution is 5.75. The Bertz CT molecular complexity index is 528. The average molecular weight is 304 g/mol. The summed E-state index contributed by atoms with van der Waals surface area (Å²) in [5.74, 6) is -0.844. The van der Waals surface area contributed by atoms with E-state index in [1.807, 2.05) is 30.3 Å². The second kappa shape index (κ2) is 6.81. The summed E-state index contributed by atoms with van der Waals surface area (Å²) in [5, 5.41) is 14.7. The number of hydrogen-bond donors (Lipinski definition) is 3. The van der Waals surface area contributed by atoms with E-state index >= 15 is 0 Å². The van der Waals surface area contributed by atoms with Gasteiger partial charge in [-0.2, -0.15) is 0 Å². The number of carboxylic acid groups (broad SMARTS) is 1. The van der Waals surface area contributed by atoms with Crippen LogP contribution in [0.15, 0.2) is 30.3 Å². The summed E-state index contributed by atoms with van der Waals surface area (Å²) >= 11 is 0. The molecule has 1 fully saturated rings. The van der Waals surface area contributed by atoms with Crippen molar-refractivity contribution < 1.29 is 14.7 Å². The van der Waals surface area contributed by atoms with E-state index in [2.05, 4.69) is 24.5 Å². The number of amides is 2. The van der Waals surface area contributed by atoms with E-state index < -0.39 is 5.97 Å². The summed E-state index contributed by atoms with van der Waals surface area (Å²) in [4.78, 5) is 22.8. The summed E-state index contributed by atoms with van der Waals surface area (Å²) in [5.41, 5.74) is 1.26. The van der Waals surface area contributed by atoms with Gasteiger partial charge in [0.25, 0.3) is 0 Å². The van der Waals surface area contributed by atoms with Crippen molar-refractivity contribution in [3.05, 3.63) is 35.9 Å². The van der Waals surface area contributed by atoms with Gasteiger partial charge in [0.15, 0.2) is 0 Å². The highest BCUT2D eigenvalue weighted by Crippen LogP contribution is 2.44. The molecule has 0 spiro atoms. The van der Waals surface area contributed by atoms with Crippen LogP contribution in [-0.2, 0) is 11.2 Å². The van der Waals surface area contributed by atoms with Gasteiger partial charge in [-0.1, -0.05) is 44.2 Å². The molecular formula is C17H24N2O3. The number of rotatable bonds is 7. The van der Waals surface area contributed by atoms with E-state index in [9.17, 15) is 9.59 Å². The lowest BCUT2D eigenvalue weighted by Gasteiger charge is -2.19. The highest BCUT2D eigenvalue weighted by Gasteiger charge is 2.46. The largest absolute Gasteiger partial charge is 0.481 e. The van der Waals surface area contributed by atoms with Gasteiger partial charge in [0.1, 0.15) is 0 Å². The van der Waals surface area contributed by atoms with E-state index in [-0.39, 0.29) is 30.0 Å². The van der Waals surface area contributed by atoms with Crippen LogP contribution in [0.4, 0.5) is 4.79 Å². The molecule has 2 unspecified atom stereocenters. The number of aliphatic carboxylic acids is 1. The second-order valence-electron chi connectivity index (χ2n) is 6.68. The maximum absolute atomic E-state index is 12.1. The summed E-state index contributed by atoms with van der Waals surface area (Å²) in [6.45, 7) is 4.23. The van der Waals surface area contributed by atoms with Gasteiger partial charge in [-0.15, -0.1) is 0 Å². The Balaban J connectivity index is 1.89. The molecule has 1 aromatic carbocycles. The van der Waals surface area contributed by atoms with Crippen molar-refractivity contribution in [3.63, 3.8) is 0 Å². The number of carbonyl (C=O) groups excluding carboxylic acids is 1. The van der Waals surface area contributed by atoms with Crippen LogP contribution in [-0.4, -0.2) is 29.2 Å². The smallest absolute Gasteiger partial charge is 0.315 e. The number of benzene rings is 1. The summed E-state index contributed by atoms with van der Waals surface area (Å²) in [6.07, 6.45) is 2.09. The minimum atomic E-state index is -0.844. The van der Waals surface area contributed by atoms with Crippen molar-refractivity contribution in [1.82, 2.24) is 10.6 Å². The standard InChI is InChI=1S/C17H24N2O3/c1-17(2)11-14(17)19-16(22)18-13(8-9-15(20)21)10-12-6-4-3-5-7-12/h3-7,13-14H,8-11H2,1-2H3,(H,20,21)(H2,18,19,22). The molecule has 0 aliphatic heterocycles. The molecule has 0 bridgehead atoms. The van der Waals surface area contributed by atoms with Crippen molar-refractivity contribution in [2.75, 3.05) is 0 Å². The summed E-state index contributed by atoms with van der Waals surface area (Å²) < 4.78 is 0. The molecule has 0 heterocycles. The van der Waals surface area contributed by atoms with Crippen molar-refractivity contribution in [1.29, 1.82) is 0 Å². The molecule has 2 amide bonds. The molecule has 0 radical (unpaired) electrons. The number of urea groups is 1. The van der Waals surface area contributed by atoms with E-state index in [0.29, 0.717) is 12.8 Å². The SMILES string of the molecule is CC1(C)CC1NC(=O)NC(CCC(=O)O)Cc1ccccc1. The third kappa shape index (κ3) is 5.06. The number of carboxylic acids is 1. The molecule has 5 heteroatoms. The Morgan fingerprint density at radius 3 is 2.50 bits per heavy atom. The minimum Gasteiger partial charge on any atom is -0.481 e. The molecule has 22 heavy (non-hydrogen) atoms. The van der Waals surface area contributed by atoms with Crippen LogP contribution in [0.25, 0.3) is 0 Å². The van der Waals surface area contributed by atoms with Crippen LogP contribution in [0, 0.1) is 5.41 Å². The Kier molecular flexibility index (Phi) is 5.06. The summed E-state index contributed by atoms with van der Waals surface area (Å²) in [6, 6.07) is 9.61. The van der Waals surface area contributed by atoms with Gasteiger partial charge < -0.3 is 15.7 Å². The quantitative estimate of drug-likeness (QED) is 0.724. The predicted molar refractivity (Wildman–Crippen MR) is 84.7 cm³/mol. The molecule has 0 saturated heterocycles. The third-order valence-corrected chi connectivity index (χ3v) is 4.19. The van der Waals surface area contributed by atoms with Crippen LogP contribution in [0.5, 0.6) is 0 Å². The van der Waals surface area contributed by atoms with Gasteiger partial charge >= 0.3 is 12.0 Å². The molecule has 1 aliphatic carbocycles. The fraction of sp³-hybridized carbons (Fsp3) is 0.529. The van der Waals surface area contributed by atoms with Crippen LogP contribution in [0.2, 0.25) is 0 Å². The van der Waals surface area contributed by atoms with Crippen molar-refractivity contribution >= 4 is 12.0 Å². The molecular weight excluding hydrogens is 280 g/mol. The molecule has 3 N–H and O–H groups in total. The van der Waals surface area contributed by atoms with Crippen LogP contribution in [0.1, 0.15) is 38.7 Å². The van der Waals surface area contributed by atoms with Crippen molar-refractivity contribution in [2.24, 2.45) is 5.41 Å². The molecule has 2 atom stereocenters. The molecule has 2 rings (SSSR count). The zero-order valence-electron chi connectivity index (χ0n) is 13.1. The lowest BCUT2D eigenvalue weighted by molar-refractivity contribution is -0.137. The first-order valence-corrected chi connectivity index (χ1v) is 7.69. The Hall–Kier alpha value is -2.04. The zero-order valence-corrected chi connectivity index (χ0v) is 13.1. The maximum Gasteiger partial charge on any atom is 0.315 e. The third-order valence-electron chi connectivity index (χ3n) is 4.19. The van der Waals surface area contributed by atoms with Crippen LogP contribution in [0.3, 0.4) is 0 Å². The minimum absolute atomic E-state index is 0.0483. The van der Waals surface area contributed by atoms with Gasteiger partial charge in [0.2, 0.25) is 0 Å². The molecule has 1 saturated carbocycles. The second-order valence-corrected chi connectivity index (χ2v) is 6.68.